The van der Waals surface area contributed by atoms with Crippen LogP contribution in [0.2, 0.25) is 0 Å². The third-order valence-corrected chi connectivity index (χ3v) is 5.39. The van der Waals surface area contributed by atoms with Crippen LogP contribution in [0, 0.1) is 3.57 Å². The van der Waals surface area contributed by atoms with Crippen molar-refractivity contribution in [3.8, 4) is 0 Å². The van der Waals surface area contributed by atoms with Gasteiger partial charge in [-0.1, -0.05) is 6.07 Å². The second kappa shape index (κ2) is 5.85. The molecule has 0 aromatic heterocycles. The first-order valence-corrected chi connectivity index (χ1v) is 8.57. The van der Waals surface area contributed by atoms with Crippen molar-refractivity contribution in [2.45, 2.75) is 42.7 Å². The van der Waals surface area contributed by atoms with Crippen LogP contribution in [-0.4, -0.2) is 20.5 Å². The van der Waals surface area contributed by atoms with E-state index in [2.05, 4.69) is 27.3 Å². The molecular weight excluding hydrogens is 363 g/mol. The standard InChI is InChI=1S/C12H17IN2O2S/c13-9-2-1-3-12(8-9)18(16,17)15-11-6-4-10(14)5-7-11/h1-3,8,10-11,15H,4-7,14H2. The van der Waals surface area contributed by atoms with Crippen LogP contribution in [0.3, 0.4) is 0 Å². The minimum atomic E-state index is -3.40. The lowest BCUT2D eigenvalue weighted by Crippen LogP contribution is -2.40. The molecule has 0 saturated heterocycles. The number of nitrogens with one attached hydrogen (secondary N) is 1. The maximum Gasteiger partial charge on any atom is 0.240 e. The zero-order chi connectivity index (χ0) is 13.2. The minimum absolute atomic E-state index is 0.0210. The van der Waals surface area contributed by atoms with Crippen LogP contribution in [0.1, 0.15) is 25.7 Å². The largest absolute Gasteiger partial charge is 0.328 e. The number of rotatable bonds is 3. The first kappa shape index (κ1) is 14.2. The molecule has 1 aromatic carbocycles. The average molecular weight is 380 g/mol. The summed E-state index contributed by atoms with van der Waals surface area (Å²) in [5.41, 5.74) is 5.81. The summed E-state index contributed by atoms with van der Waals surface area (Å²) in [4.78, 5) is 0.337. The van der Waals surface area contributed by atoms with Crippen LogP contribution >= 0.6 is 22.6 Å². The van der Waals surface area contributed by atoms with Crippen molar-refractivity contribution < 1.29 is 8.42 Å². The second-order valence-electron chi connectivity index (χ2n) is 4.69. The van der Waals surface area contributed by atoms with Crippen molar-refractivity contribution in [2.75, 3.05) is 0 Å². The smallest absolute Gasteiger partial charge is 0.240 e. The fraction of sp³-hybridized carbons (Fsp3) is 0.500. The minimum Gasteiger partial charge on any atom is -0.328 e. The van der Waals surface area contributed by atoms with Crippen LogP contribution in [0.25, 0.3) is 0 Å². The summed E-state index contributed by atoms with van der Waals surface area (Å²) in [7, 11) is -3.40. The third-order valence-electron chi connectivity index (χ3n) is 3.20. The molecule has 1 aromatic rings. The normalized spacial score (nSPS) is 25.0. The van der Waals surface area contributed by atoms with E-state index in [0.29, 0.717) is 4.90 Å². The predicted molar refractivity (Wildman–Crippen MR) is 79.7 cm³/mol. The van der Waals surface area contributed by atoms with Crippen LogP contribution < -0.4 is 10.5 Å². The molecule has 2 rings (SSSR count). The number of nitrogens with two attached hydrogens (primary N) is 1. The molecule has 0 heterocycles. The van der Waals surface area contributed by atoms with E-state index in [4.69, 9.17) is 5.73 Å². The van der Waals surface area contributed by atoms with Gasteiger partial charge >= 0.3 is 0 Å². The lowest BCUT2D eigenvalue weighted by molar-refractivity contribution is 0.373. The quantitative estimate of drug-likeness (QED) is 0.787. The zero-order valence-electron chi connectivity index (χ0n) is 9.97. The summed E-state index contributed by atoms with van der Waals surface area (Å²) in [6, 6.07) is 7.18. The van der Waals surface area contributed by atoms with E-state index in [1.807, 2.05) is 6.07 Å². The van der Waals surface area contributed by atoms with E-state index in [0.717, 1.165) is 29.3 Å². The van der Waals surface area contributed by atoms with E-state index in [9.17, 15) is 8.42 Å². The summed E-state index contributed by atoms with van der Waals surface area (Å²) in [6.45, 7) is 0. The Hall–Kier alpha value is -0.180. The molecule has 0 spiro atoms. The Balaban J connectivity index is 2.08. The topological polar surface area (TPSA) is 72.2 Å². The molecule has 1 saturated carbocycles. The molecule has 6 heteroatoms. The Kier molecular flexibility index (Phi) is 4.63. The predicted octanol–water partition coefficient (Wildman–Crippen LogP) is 1.84. The Morgan fingerprint density at radius 3 is 2.50 bits per heavy atom. The van der Waals surface area contributed by atoms with Gasteiger partial charge in [-0.25, -0.2) is 13.1 Å². The number of benzene rings is 1. The van der Waals surface area contributed by atoms with Crippen LogP contribution in [0.15, 0.2) is 29.2 Å². The van der Waals surface area contributed by atoms with Gasteiger partial charge in [0.2, 0.25) is 10.0 Å². The SMILES string of the molecule is NC1CCC(NS(=O)(=O)c2cccc(I)c2)CC1. The van der Waals surface area contributed by atoms with E-state index in [1.165, 1.54) is 0 Å². The number of sulfonamides is 1. The molecule has 18 heavy (non-hydrogen) atoms. The van der Waals surface area contributed by atoms with Crippen molar-refractivity contribution in [3.63, 3.8) is 0 Å². The average Bonchev–Trinajstić information content (AvgIpc) is 2.32. The first-order chi connectivity index (χ1) is 8.47. The summed E-state index contributed by atoms with van der Waals surface area (Å²) in [5, 5.41) is 0. The molecule has 0 aliphatic heterocycles. The van der Waals surface area contributed by atoms with E-state index >= 15 is 0 Å². The summed E-state index contributed by atoms with van der Waals surface area (Å²) in [5.74, 6) is 0. The molecule has 4 nitrogen and oxygen atoms in total. The van der Waals surface area contributed by atoms with Gasteiger partial charge < -0.3 is 5.73 Å². The highest BCUT2D eigenvalue weighted by atomic mass is 127. The van der Waals surface area contributed by atoms with E-state index < -0.39 is 10.0 Å². The van der Waals surface area contributed by atoms with Crippen molar-refractivity contribution in [1.82, 2.24) is 4.72 Å². The monoisotopic (exact) mass is 380 g/mol. The summed E-state index contributed by atoms with van der Waals surface area (Å²) in [6.07, 6.45) is 3.42. The molecule has 100 valence electrons. The molecule has 0 radical (unpaired) electrons. The van der Waals surface area contributed by atoms with Crippen LogP contribution in [-0.2, 0) is 10.0 Å². The van der Waals surface area contributed by atoms with Gasteiger partial charge in [-0.2, -0.15) is 0 Å². The molecule has 0 atom stereocenters. The van der Waals surface area contributed by atoms with Gasteiger partial charge in [0.25, 0.3) is 0 Å². The molecule has 0 amide bonds. The van der Waals surface area contributed by atoms with Crippen LogP contribution in [0.4, 0.5) is 0 Å². The molecule has 1 aliphatic rings. The van der Waals surface area contributed by atoms with Crippen molar-refractivity contribution >= 4 is 32.6 Å². The Labute approximate surface area is 122 Å². The fourth-order valence-electron chi connectivity index (χ4n) is 2.16. The zero-order valence-corrected chi connectivity index (χ0v) is 12.9. The third kappa shape index (κ3) is 3.66. The molecule has 1 fully saturated rings. The van der Waals surface area contributed by atoms with Crippen molar-refractivity contribution in [2.24, 2.45) is 5.73 Å². The van der Waals surface area contributed by atoms with E-state index in [1.54, 1.807) is 18.2 Å². The molecule has 3 N–H and O–H groups in total. The maximum atomic E-state index is 12.2. The summed E-state index contributed by atoms with van der Waals surface area (Å²) < 4.78 is 28.1. The lowest BCUT2D eigenvalue weighted by Gasteiger charge is -2.26. The Morgan fingerprint density at radius 1 is 1.22 bits per heavy atom. The van der Waals surface area contributed by atoms with Gasteiger partial charge in [0.15, 0.2) is 0 Å². The highest BCUT2D eigenvalue weighted by molar-refractivity contribution is 14.1. The molecule has 0 unspecified atom stereocenters. The molecule has 1 aliphatic carbocycles. The molecule has 0 bridgehead atoms. The van der Waals surface area contributed by atoms with Gasteiger partial charge in [-0.15, -0.1) is 0 Å². The highest BCUT2D eigenvalue weighted by Gasteiger charge is 2.24. The van der Waals surface area contributed by atoms with Gasteiger partial charge in [0, 0.05) is 15.7 Å². The van der Waals surface area contributed by atoms with E-state index in [-0.39, 0.29) is 12.1 Å². The van der Waals surface area contributed by atoms with Gasteiger partial charge in [0.1, 0.15) is 0 Å². The highest BCUT2D eigenvalue weighted by Crippen LogP contribution is 2.20. The van der Waals surface area contributed by atoms with Crippen LogP contribution in [0.5, 0.6) is 0 Å². The second-order valence-corrected chi connectivity index (χ2v) is 7.65. The number of halogens is 1. The molecular formula is C12H17IN2O2S. The van der Waals surface area contributed by atoms with Gasteiger partial charge in [-0.3, -0.25) is 0 Å². The Morgan fingerprint density at radius 2 is 1.89 bits per heavy atom. The lowest BCUT2D eigenvalue weighted by atomic mass is 9.93. The van der Waals surface area contributed by atoms with Gasteiger partial charge in [0.05, 0.1) is 4.90 Å². The van der Waals surface area contributed by atoms with Gasteiger partial charge in [-0.05, 0) is 66.5 Å². The number of hydrogen-bond acceptors (Lipinski definition) is 3. The maximum absolute atomic E-state index is 12.2. The first-order valence-electron chi connectivity index (χ1n) is 6.01. The summed E-state index contributed by atoms with van der Waals surface area (Å²) >= 11 is 2.11. The van der Waals surface area contributed by atoms with Crippen molar-refractivity contribution in [1.29, 1.82) is 0 Å². The fourth-order valence-corrected chi connectivity index (χ4v) is 4.26. The number of hydrogen-bond donors (Lipinski definition) is 2. The Bertz CT molecular complexity index is 511. The van der Waals surface area contributed by atoms with Crippen molar-refractivity contribution in [3.05, 3.63) is 27.8 Å².